The zero-order valence-corrected chi connectivity index (χ0v) is 21.2. The molecule has 1 aliphatic heterocycles. The average molecular weight is 514 g/mol. The van der Waals surface area contributed by atoms with Crippen molar-refractivity contribution < 1.29 is 28.7 Å². The predicted molar refractivity (Wildman–Crippen MR) is 137 cm³/mol. The number of amides is 2. The maximum atomic E-state index is 12.6. The topological polar surface area (TPSA) is 145 Å². The molecular weight excluding hydrogens is 482 g/mol. The monoisotopic (exact) mass is 513 g/mol. The van der Waals surface area contributed by atoms with E-state index in [9.17, 15) is 19.7 Å². The second kappa shape index (κ2) is 12.7. The number of carbonyl (C=O) groups is 2. The van der Waals surface area contributed by atoms with Crippen molar-refractivity contribution in [3.63, 3.8) is 0 Å². The standard InChI is InChI=1S/C25H31N5O7/c1-5-26-20-8-7-19(11-21(20)30(33)34)25(32)28-27-12-18-6-9-22(23(10-18)35-4)36-15-24(31)29-13-16(2)37-17(3)14-29/h6-12,16-17,26H,5,13-15H2,1-4H3,(H,28,32)/b27-12+. The summed E-state index contributed by atoms with van der Waals surface area (Å²) in [7, 11) is 1.47. The first-order valence-electron chi connectivity index (χ1n) is 11.8. The van der Waals surface area contributed by atoms with Crippen molar-refractivity contribution in [2.24, 2.45) is 5.10 Å². The van der Waals surface area contributed by atoms with Crippen LogP contribution < -0.4 is 20.2 Å². The first kappa shape index (κ1) is 27.4. The number of ether oxygens (including phenoxy) is 3. The third-order valence-electron chi connectivity index (χ3n) is 5.51. The highest BCUT2D eigenvalue weighted by molar-refractivity contribution is 5.96. The molecule has 12 heteroatoms. The van der Waals surface area contributed by atoms with Gasteiger partial charge in [0.1, 0.15) is 5.69 Å². The van der Waals surface area contributed by atoms with E-state index in [1.54, 1.807) is 23.1 Å². The fourth-order valence-electron chi connectivity index (χ4n) is 3.89. The summed E-state index contributed by atoms with van der Waals surface area (Å²) in [6.07, 6.45) is 1.33. The molecule has 12 nitrogen and oxygen atoms in total. The van der Waals surface area contributed by atoms with Gasteiger partial charge in [0.25, 0.3) is 17.5 Å². The Bertz CT molecular complexity index is 1160. The van der Waals surface area contributed by atoms with Gasteiger partial charge in [-0.05, 0) is 56.7 Å². The van der Waals surface area contributed by atoms with E-state index in [0.717, 1.165) is 0 Å². The molecule has 0 bridgehead atoms. The number of rotatable bonds is 10. The molecule has 2 unspecified atom stereocenters. The lowest BCUT2D eigenvalue weighted by Crippen LogP contribution is -2.49. The van der Waals surface area contributed by atoms with Gasteiger partial charge in [-0.3, -0.25) is 19.7 Å². The van der Waals surface area contributed by atoms with Crippen LogP contribution in [-0.4, -0.2) is 73.4 Å². The van der Waals surface area contributed by atoms with E-state index >= 15 is 0 Å². The zero-order valence-electron chi connectivity index (χ0n) is 21.2. The van der Waals surface area contributed by atoms with Gasteiger partial charge in [-0.2, -0.15) is 5.10 Å². The number of nitrogens with one attached hydrogen (secondary N) is 2. The predicted octanol–water partition coefficient (Wildman–Crippen LogP) is 2.81. The molecule has 2 amide bonds. The van der Waals surface area contributed by atoms with Gasteiger partial charge in [0.2, 0.25) is 0 Å². The zero-order chi connectivity index (χ0) is 26.9. The van der Waals surface area contributed by atoms with Crippen molar-refractivity contribution in [3.05, 3.63) is 57.6 Å². The normalized spacial score (nSPS) is 17.4. The van der Waals surface area contributed by atoms with E-state index in [4.69, 9.17) is 14.2 Å². The highest BCUT2D eigenvalue weighted by Crippen LogP contribution is 2.28. The van der Waals surface area contributed by atoms with E-state index < -0.39 is 10.8 Å². The Hall–Kier alpha value is -4.19. The van der Waals surface area contributed by atoms with Crippen LogP contribution in [-0.2, 0) is 9.53 Å². The Morgan fingerprint density at radius 1 is 1.19 bits per heavy atom. The van der Waals surface area contributed by atoms with Crippen LogP contribution in [0.3, 0.4) is 0 Å². The maximum absolute atomic E-state index is 12.6. The number of benzene rings is 2. The van der Waals surface area contributed by atoms with Crippen LogP contribution in [0, 0.1) is 10.1 Å². The Morgan fingerprint density at radius 3 is 2.57 bits per heavy atom. The second-order valence-electron chi connectivity index (χ2n) is 8.47. The summed E-state index contributed by atoms with van der Waals surface area (Å²) in [4.78, 5) is 37.5. The lowest BCUT2D eigenvalue weighted by Gasteiger charge is -2.35. The average Bonchev–Trinajstić information content (AvgIpc) is 2.87. The van der Waals surface area contributed by atoms with Crippen LogP contribution in [0.1, 0.15) is 36.7 Å². The number of nitro benzene ring substituents is 1. The first-order chi connectivity index (χ1) is 17.7. The molecule has 0 radical (unpaired) electrons. The van der Waals surface area contributed by atoms with E-state index in [1.807, 2.05) is 20.8 Å². The lowest BCUT2D eigenvalue weighted by molar-refractivity contribution is -0.384. The third kappa shape index (κ3) is 7.40. The summed E-state index contributed by atoms with van der Waals surface area (Å²) in [6.45, 7) is 7.05. The van der Waals surface area contributed by atoms with Gasteiger partial charge < -0.3 is 24.4 Å². The van der Waals surface area contributed by atoms with E-state index in [-0.39, 0.29) is 36.0 Å². The van der Waals surface area contributed by atoms with Crippen molar-refractivity contribution in [1.29, 1.82) is 0 Å². The van der Waals surface area contributed by atoms with Crippen LogP contribution in [0.15, 0.2) is 41.5 Å². The van der Waals surface area contributed by atoms with E-state index in [2.05, 4.69) is 15.8 Å². The van der Waals surface area contributed by atoms with Gasteiger partial charge in [-0.15, -0.1) is 0 Å². The molecule has 1 aliphatic rings. The number of hydrazone groups is 1. The first-order valence-corrected chi connectivity index (χ1v) is 11.8. The molecule has 3 rings (SSSR count). The van der Waals surface area contributed by atoms with Crippen LogP contribution in [0.2, 0.25) is 0 Å². The largest absolute Gasteiger partial charge is 0.493 e. The quantitative estimate of drug-likeness (QED) is 0.280. The van der Waals surface area contributed by atoms with Gasteiger partial charge in [-0.25, -0.2) is 5.43 Å². The lowest BCUT2D eigenvalue weighted by atomic mass is 10.1. The molecule has 0 saturated carbocycles. The third-order valence-corrected chi connectivity index (χ3v) is 5.51. The summed E-state index contributed by atoms with van der Waals surface area (Å²) in [6, 6.07) is 9.12. The molecule has 37 heavy (non-hydrogen) atoms. The van der Waals surface area contributed by atoms with Crippen molar-refractivity contribution in [1.82, 2.24) is 10.3 Å². The molecule has 0 spiro atoms. The number of hydrogen-bond acceptors (Lipinski definition) is 9. The molecule has 198 valence electrons. The molecule has 1 saturated heterocycles. The molecular formula is C25H31N5O7. The Balaban J connectivity index is 1.60. The van der Waals surface area contributed by atoms with Crippen molar-refractivity contribution in [3.8, 4) is 11.5 Å². The number of methoxy groups -OCH3 is 1. The van der Waals surface area contributed by atoms with Crippen LogP contribution in [0.25, 0.3) is 0 Å². The molecule has 1 fully saturated rings. The van der Waals surface area contributed by atoms with Gasteiger partial charge >= 0.3 is 0 Å². The molecule has 0 aliphatic carbocycles. The minimum Gasteiger partial charge on any atom is -0.493 e. The fraction of sp³-hybridized carbons (Fsp3) is 0.400. The second-order valence-corrected chi connectivity index (χ2v) is 8.47. The number of carbonyl (C=O) groups excluding carboxylic acids is 2. The number of anilines is 1. The Morgan fingerprint density at radius 2 is 1.92 bits per heavy atom. The molecule has 2 atom stereocenters. The van der Waals surface area contributed by atoms with Crippen LogP contribution >= 0.6 is 0 Å². The Kier molecular flexibility index (Phi) is 9.39. The number of nitro groups is 1. The summed E-state index contributed by atoms with van der Waals surface area (Å²) >= 11 is 0. The molecule has 0 aromatic heterocycles. The molecule has 1 heterocycles. The molecule has 2 aromatic rings. The van der Waals surface area contributed by atoms with Crippen molar-refractivity contribution in [2.75, 3.05) is 38.7 Å². The SMILES string of the molecule is CCNc1ccc(C(=O)N/N=C/c2ccc(OCC(=O)N3CC(C)OC(C)C3)c(OC)c2)cc1[N+](=O)[O-]. The van der Waals surface area contributed by atoms with Gasteiger partial charge in [0.05, 0.1) is 30.5 Å². The number of morpholine rings is 1. The van der Waals surface area contributed by atoms with Crippen molar-refractivity contribution >= 4 is 29.4 Å². The fourth-order valence-corrected chi connectivity index (χ4v) is 3.89. The minimum absolute atomic E-state index is 0.0335. The number of nitrogens with zero attached hydrogens (tertiary/aromatic N) is 3. The van der Waals surface area contributed by atoms with Gasteiger partial charge in [-0.1, -0.05) is 0 Å². The summed E-state index contributed by atoms with van der Waals surface area (Å²) in [5.41, 5.74) is 3.18. The highest BCUT2D eigenvalue weighted by atomic mass is 16.6. The summed E-state index contributed by atoms with van der Waals surface area (Å²) in [5, 5.41) is 18.1. The summed E-state index contributed by atoms with van der Waals surface area (Å²) in [5.74, 6) is 0.0386. The van der Waals surface area contributed by atoms with Crippen LogP contribution in [0.5, 0.6) is 11.5 Å². The highest BCUT2D eigenvalue weighted by Gasteiger charge is 2.26. The van der Waals surface area contributed by atoms with Crippen LogP contribution in [0.4, 0.5) is 11.4 Å². The minimum atomic E-state index is -0.598. The van der Waals surface area contributed by atoms with Gasteiger partial charge in [0.15, 0.2) is 18.1 Å². The van der Waals surface area contributed by atoms with E-state index in [0.29, 0.717) is 42.4 Å². The molecule has 2 N–H and O–H groups in total. The van der Waals surface area contributed by atoms with Crippen molar-refractivity contribution in [2.45, 2.75) is 33.0 Å². The Labute approximate surface area is 214 Å². The maximum Gasteiger partial charge on any atom is 0.293 e. The van der Waals surface area contributed by atoms with E-state index in [1.165, 1.54) is 31.5 Å². The number of hydrogen-bond donors (Lipinski definition) is 2. The molecule has 2 aromatic carbocycles. The van der Waals surface area contributed by atoms with Gasteiger partial charge in [0, 0.05) is 31.3 Å². The smallest absolute Gasteiger partial charge is 0.293 e. The summed E-state index contributed by atoms with van der Waals surface area (Å²) < 4.78 is 16.7.